The van der Waals surface area contributed by atoms with E-state index >= 15 is 0 Å². The molecule has 0 amide bonds. The standard InChI is InChI=1S/C21H16Cl2N4O/c1-12-8-13(2)25-21(24-12)27-26-18-11-19(14-6-4-3-5-7-14)28-20-16(18)9-15(22)10-17(20)23/h3-11H,1-2H3,(H,24,25,27)/b26-18-. The maximum atomic E-state index is 6.39. The number of rotatable bonds is 3. The van der Waals surface area contributed by atoms with Crippen LogP contribution in [0.5, 0.6) is 0 Å². The van der Waals surface area contributed by atoms with Gasteiger partial charge in [0.15, 0.2) is 5.58 Å². The van der Waals surface area contributed by atoms with E-state index in [0.29, 0.717) is 38.1 Å². The molecule has 2 aromatic heterocycles. The molecule has 0 fully saturated rings. The Morgan fingerprint density at radius 3 is 2.36 bits per heavy atom. The lowest BCUT2D eigenvalue weighted by molar-refractivity contribution is 0.618. The van der Waals surface area contributed by atoms with Crippen LogP contribution in [-0.2, 0) is 0 Å². The van der Waals surface area contributed by atoms with E-state index in [2.05, 4.69) is 20.5 Å². The Morgan fingerprint density at radius 1 is 0.929 bits per heavy atom. The minimum absolute atomic E-state index is 0.416. The van der Waals surface area contributed by atoms with Crippen LogP contribution in [0.25, 0.3) is 22.3 Å². The van der Waals surface area contributed by atoms with Crippen molar-refractivity contribution in [2.24, 2.45) is 5.10 Å². The Kier molecular flexibility index (Phi) is 5.03. The Bertz CT molecular complexity index is 1220. The van der Waals surface area contributed by atoms with Crippen LogP contribution >= 0.6 is 23.2 Å². The van der Waals surface area contributed by atoms with Gasteiger partial charge in [-0.1, -0.05) is 53.5 Å². The molecular formula is C21H16Cl2N4O. The number of halogens is 2. The molecule has 0 spiro atoms. The molecule has 4 rings (SSSR count). The zero-order chi connectivity index (χ0) is 19.7. The first kappa shape index (κ1) is 18.5. The van der Waals surface area contributed by atoms with Crippen LogP contribution in [-0.4, -0.2) is 9.97 Å². The van der Waals surface area contributed by atoms with Gasteiger partial charge in [0.1, 0.15) is 5.76 Å². The van der Waals surface area contributed by atoms with Crippen molar-refractivity contribution in [3.8, 4) is 11.3 Å². The summed E-state index contributed by atoms with van der Waals surface area (Å²) in [5, 5.41) is 6.73. The molecule has 0 bridgehead atoms. The maximum Gasteiger partial charge on any atom is 0.243 e. The Morgan fingerprint density at radius 2 is 1.64 bits per heavy atom. The number of anilines is 1. The zero-order valence-electron chi connectivity index (χ0n) is 15.2. The molecular weight excluding hydrogens is 395 g/mol. The molecule has 0 aliphatic heterocycles. The third-order valence-corrected chi connectivity index (χ3v) is 4.58. The Labute approximate surface area is 171 Å². The van der Waals surface area contributed by atoms with Gasteiger partial charge in [0.2, 0.25) is 5.95 Å². The average molecular weight is 411 g/mol. The van der Waals surface area contributed by atoms with E-state index in [-0.39, 0.29) is 0 Å². The van der Waals surface area contributed by atoms with Crippen LogP contribution in [0.15, 0.2) is 64.1 Å². The van der Waals surface area contributed by atoms with Gasteiger partial charge in [-0.15, -0.1) is 0 Å². The molecule has 4 aromatic rings. The van der Waals surface area contributed by atoms with Crippen molar-refractivity contribution in [3.63, 3.8) is 0 Å². The average Bonchev–Trinajstić information content (AvgIpc) is 2.66. The lowest BCUT2D eigenvalue weighted by Crippen LogP contribution is -2.09. The van der Waals surface area contributed by atoms with Crippen LogP contribution in [0.1, 0.15) is 11.4 Å². The van der Waals surface area contributed by atoms with E-state index in [9.17, 15) is 0 Å². The third-order valence-electron chi connectivity index (χ3n) is 4.08. The second-order valence-electron chi connectivity index (χ2n) is 6.32. The van der Waals surface area contributed by atoms with E-state index in [1.54, 1.807) is 12.1 Å². The van der Waals surface area contributed by atoms with Gasteiger partial charge in [-0.05, 0) is 32.0 Å². The Balaban J connectivity index is 1.92. The molecule has 2 heterocycles. The second kappa shape index (κ2) is 7.62. The van der Waals surface area contributed by atoms with Crippen LogP contribution in [0.3, 0.4) is 0 Å². The molecule has 0 saturated carbocycles. The molecule has 7 heteroatoms. The molecule has 0 aliphatic rings. The van der Waals surface area contributed by atoms with Crippen molar-refractivity contribution >= 4 is 40.1 Å². The fourth-order valence-corrected chi connectivity index (χ4v) is 3.45. The molecule has 0 atom stereocenters. The van der Waals surface area contributed by atoms with Crippen LogP contribution < -0.4 is 10.8 Å². The zero-order valence-corrected chi connectivity index (χ0v) is 16.7. The molecule has 140 valence electrons. The number of nitrogens with one attached hydrogen (secondary N) is 1. The van der Waals surface area contributed by atoms with Gasteiger partial charge in [0, 0.05) is 33.4 Å². The molecule has 0 unspecified atom stereocenters. The first-order chi connectivity index (χ1) is 13.5. The lowest BCUT2D eigenvalue weighted by Gasteiger charge is -2.07. The van der Waals surface area contributed by atoms with Gasteiger partial charge in [-0.25, -0.2) is 15.4 Å². The molecule has 0 aliphatic carbocycles. The van der Waals surface area contributed by atoms with Crippen molar-refractivity contribution < 1.29 is 4.42 Å². The molecule has 1 N–H and O–H groups in total. The van der Waals surface area contributed by atoms with Crippen LogP contribution in [0.2, 0.25) is 10.0 Å². The highest BCUT2D eigenvalue weighted by Gasteiger charge is 2.10. The van der Waals surface area contributed by atoms with E-state index < -0.39 is 0 Å². The summed E-state index contributed by atoms with van der Waals surface area (Å²) in [5.74, 6) is 1.06. The number of aryl methyl sites for hydroxylation is 2. The third kappa shape index (κ3) is 3.86. The first-order valence-corrected chi connectivity index (χ1v) is 9.35. The summed E-state index contributed by atoms with van der Waals surface area (Å²) < 4.78 is 6.05. The van der Waals surface area contributed by atoms with Crippen molar-refractivity contribution in [1.29, 1.82) is 0 Å². The number of nitrogens with zero attached hydrogens (tertiary/aromatic N) is 3. The molecule has 0 radical (unpaired) electrons. The van der Waals surface area contributed by atoms with Gasteiger partial charge < -0.3 is 4.42 Å². The largest absolute Gasteiger partial charge is 0.454 e. The summed E-state index contributed by atoms with van der Waals surface area (Å²) in [4.78, 5) is 8.71. The van der Waals surface area contributed by atoms with Gasteiger partial charge in [-0.3, -0.25) is 0 Å². The molecule has 28 heavy (non-hydrogen) atoms. The van der Waals surface area contributed by atoms with Gasteiger partial charge in [0.05, 0.1) is 10.4 Å². The summed E-state index contributed by atoms with van der Waals surface area (Å²) in [6.07, 6.45) is 0. The van der Waals surface area contributed by atoms with Crippen molar-refractivity contribution in [1.82, 2.24) is 9.97 Å². The van der Waals surface area contributed by atoms with Gasteiger partial charge in [0.25, 0.3) is 0 Å². The monoisotopic (exact) mass is 410 g/mol. The summed E-state index contributed by atoms with van der Waals surface area (Å²) in [6.45, 7) is 3.81. The lowest BCUT2D eigenvalue weighted by atomic mass is 10.1. The summed E-state index contributed by atoms with van der Waals surface area (Å²) in [7, 11) is 0. The molecule has 2 aromatic carbocycles. The van der Waals surface area contributed by atoms with E-state index in [0.717, 1.165) is 17.0 Å². The highest BCUT2D eigenvalue weighted by atomic mass is 35.5. The Hall–Kier alpha value is -2.89. The van der Waals surface area contributed by atoms with E-state index in [1.807, 2.05) is 56.3 Å². The topological polar surface area (TPSA) is 63.3 Å². The number of benzene rings is 2. The fraction of sp³-hybridized carbons (Fsp3) is 0.0952. The minimum atomic E-state index is 0.416. The minimum Gasteiger partial charge on any atom is -0.454 e. The number of hydrogen-bond acceptors (Lipinski definition) is 5. The maximum absolute atomic E-state index is 6.39. The van der Waals surface area contributed by atoms with Gasteiger partial charge >= 0.3 is 0 Å². The van der Waals surface area contributed by atoms with Crippen molar-refractivity contribution in [2.45, 2.75) is 13.8 Å². The number of aromatic nitrogens is 2. The van der Waals surface area contributed by atoms with Crippen molar-refractivity contribution in [2.75, 3.05) is 5.43 Å². The summed E-state index contributed by atoms with van der Waals surface area (Å²) in [5.41, 5.74) is 6.06. The molecule has 5 nitrogen and oxygen atoms in total. The normalized spacial score (nSPS) is 11.8. The smallest absolute Gasteiger partial charge is 0.243 e. The predicted octanol–water partition coefficient (Wildman–Crippen LogP) is 5.74. The van der Waals surface area contributed by atoms with Crippen LogP contribution in [0.4, 0.5) is 5.95 Å². The summed E-state index contributed by atoms with van der Waals surface area (Å²) >= 11 is 12.6. The molecule has 0 saturated heterocycles. The van der Waals surface area contributed by atoms with E-state index in [4.69, 9.17) is 27.6 Å². The highest BCUT2D eigenvalue weighted by molar-refractivity contribution is 6.38. The first-order valence-electron chi connectivity index (χ1n) is 8.60. The van der Waals surface area contributed by atoms with Gasteiger partial charge in [-0.2, -0.15) is 5.10 Å². The van der Waals surface area contributed by atoms with Crippen molar-refractivity contribution in [3.05, 3.63) is 81.4 Å². The highest BCUT2D eigenvalue weighted by Crippen LogP contribution is 2.29. The summed E-state index contributed by atoms with van der Waals surface area (Å²) in [6, 6.07) is 16.9. The number of fused-ring (bicyclic) bond motifs is 1. The SMILES string of the molecule is Cc1cc(C)nc(N/N=c2/cc(-c3ccccc3)oc3c(Cl)cc(Cl)cc23)n1. The van der Waals surface area contributed by atoms with E-state index in [1.165, 1.54) is 0 Å². The second-order valence-corrected chi connectivity index (χ2v) is 7.17. The fourth-order valence-electron chi connectivity index (χ4n) is 2.92. The predicted molar refractivity (Wildman–Crippen MR) is 112 cm³/mol. The van der Waals surface area contributed by atoms with Crippen LogP contribution in [0, 0.1) is 13.8 Å². The quantitative estimate of drug-likeness (QED) is 0.437. The number of hydrogen-bond donors (Lipinski definition) is 1.